The number of carbonyl (C=O) groups excluding carboxylic acids is 1. The monoisotopic (exact) mass is 279 g/mol. The van der Waals surface area contributed by atoms with Gasteiger partial charge in [-0.25, -0.2) is 0 Å². The zero-order valence-electron chi connectivity index (χ0n) is 12.8. The van der Waals surface area contributed by atoms with Gasteiger partial charge in [0.15, 0.2) is 0 Å². The Morgan fingerprint density at radius 3 is 2.55 bits per heavy atom. The summed E-state index contributed by atoms with van der Waals surface area (Å²) in [5, 5.41) is 12.9. The second kappa shape index (κ2) is 7.29. The third-order valence-corrected chi connectivity index (χ3v) is 3.36. The van der Waals surface area contributed by atoms with E-state index < -0.39 is 5.60 Å². The van der Waals surface area contributed by atoms with Crippen LogP contribution in [-0.2, 0) is 0 Å². The number of aliphatic hydroxyl groups is 1. The summed E-state index contributed by atoms with van der Waals surface area (Å²) in [4.78, 5) is 12.1. The Morgan fingerprint density at radius 2 is 2.00 bits per heavy atom. The van der Waals surface area contributed by atoms with Crippen LogP contribution in [0, 0.1) is 0 Å². The summed E-state index contributed by atoms with van der Waals surface area (Å²) in [5.74, 6) is 0.480. The lowest BCUT2D eigenvalue weighted by molar-refractivity contribution is 0.0314. The van der Waals surface area contributed by atoms with Gasteiger partial charge in [-0.15, -0.1) is 0 Å². The zero-order valence-corrected chi connectivity index (χ0v) is 12.8. The largest absolute Gasteiger partial charge is 0.491 e. The molecule has 0 saturated carbocycles. The van der Waals surface area contributed by atoms with Gasteiger partial charge < -0.3 is 15.2 Å². The van der Waals surface area contributed by atoms with Gasteiger partial charge in [0.25, 0.3) is 5.91 Å². The number of hydrogen-bond acceptors (Lipinski definition) is 3. The van der Waals surface area contributed by atoms with E-state index in [9.17, 15) is 9.90 Å². The van der Waals surface area contributed by atoms with Crippen molar-refractivity contribution in [2.24, 2.45) is 0 Å². The molecule has 0 aliphatic carbocycles. The minimum Gasteiger partial charge on any atom is -0.491 e. The predicted molar refractivity (Wildman–Crippen MR) is 80.1 cm³/mol. The molecule has 0 unspecified atom stereocenters. The first-order valence-corrected chi connectivity index (χ1v) is 7.17. The molecule has 4 nitrogen and oxygen atoms in total. The molecule has 1 aromatic carbocycles. The fourth-order valence-corrected chi connectivity index (χ4v) is 1.83. The molecule has 0 radical (unpaired) electrons. The van der Waals surface area contributed by atoms with Crippen molar-refractivity contribution in [1.29, 1.82) is 0 Å². The second-order valence-corrected chi connectivity index (χ2v) is 5.31. The van der Waals surface area contributed by atoms with E-state index in [-0.39, 0.29) is 18.6 Å². The Bertz CT molecular complexity index is 439. The average Bonchev–Trinajstić information content (AvgIpc) is 2.44. The maximum atomic E-state index is 12.1. The molecule has 0 spiro atoms. The summed E-state index contributed by atoms with van der Waals surface area (Å²) in [6.07, 6.45) is 1.29. The van der Waals surface area contributed by atoms with Gasteiger partial charge in [0.05, 0.1) is 11.7 Å². The Hall–Kier alpha value is -1.55. The molecule has 0 bridgehead atoms. The highest BCUT2D eigenvalue weighted by Gasteiger charge is 2.23. The molecular formula is C16H25NO3. The van der Waals surface area contributed by atoms with Crippen molar-refractivity contribution in [1.82, 2.24) is 5.32 Å². The highest BCUT2D eigenvalue weighted by molar-refractivity contribution is 5.94. The van der Waals surface area contributed by atoms with Gasteiger partial charge >= 0.3 is 0 Å². The molecule has 20 heavy (non-hydrogen) atoms. The van der Waals surface area contributed by atoms with Gasteiger partial charge in [0.1, 0.15) is 5.75 Å². The van der Waals surface area contributed by atoms with Crippen LogP contribution in [0.2, 0.25) is 0 Å². The van der Waals surface area contributed by atoms with Crippen molar-refractivity contribution in [3.8, 4) is 5.75 Å². The fraction of sp³-hybridized carbons (Fsp3) is 0.562. The first kappa shape index (κ1) is 16.5. The molecule has 0 aliphatic rings. The van der Waals surface area contributed by atoms with Gasteiger partial charge in [-0.2, -0.15) is 0 Å². The van der Waals surface area contributed by atoms with Gasteiger partial charge in [-0.05, 0) is 44.9 Å². The summed E-state index contributed by atoms with van der Waals surface area (Å²) in [6, 6.07) is 7.06. The Balaban J connectivity index is 2.68. The smallest absolute Gasteiger partial charge is 0.251 e. The van der Waals surface area contributed by atoms with Crippen LogP contribution in [0.25, 0.3) is 0 Å². The Morgan fingerprint density at radius 1 is 1.35 bits per heavy atom. The van der Waals surface area contributed by atoms with Crippen LogP contribution in [0.3, 0.4) is 0 Å². The van der Waals surface area contributed by atoms with Crippen LogP contribution in [0.4, 0.5) is 0 Å². The Labute approximate surface area is 121 Å². The lowest BCUT2D eigenvalue weighted by Gasteiger charge is -2.25. The topological polar surface area (TPSA) is 58.6 Å². The molecule has 1 rings (SSSR count). The predicted octanol–water partition coefficient (Wildman–Crippen LogP) is 2.75. The third-order valence-electron chi connectivity index (χ3n) is 3.36. The SMILES string of the molecule is CCC(O)(CC)CNC(=O)c1cccc(OC(C)C)c1. The van der Waals surface area contributed by atoms with Crippen LogP contribution in [-0.4, -0.2) is 29.3 Å². The van der Waals surface area contributed by atoms with Crippen LogP contribution in [0.15, 0.2) is 24.3 Å². The molecule has 2 N–H and O–H groups in total. The van der Waals surface area contributed by atoms with Crippen molar-refractivity contribution in [3.05, 3.63) is 29.8 Å². The van der Waals surface area contributed by atoms with Crippen LogP contribution in [0.5, 0.6) is 5.75 Å². The van der Waals surface area contributed by atoms with Crippen molar-refractivity contribution in [3.63, 3.8) is 0 Å². The summed E-state index contributed by atoms with van der Waals surface area (Å²) in [7, 11) is 0. The first-order valence-electron chi connectivity index (χ1n) is 7.17. The number of amides is 1. The van der Waals surface area contributed by atoms with Gasteiger partial charge in [-0.3, -0.25) is 4.79 Å². The quantitative estimate of drug-likeness (QED) is 0.807. The average molecular weight is 279 g/mol. The van der Waals surface area contributed by atoms with E-state index in [1.54, 1.807) is 18.2 Å². The third kappa shape index (κ3) is 4.85. The number of carbonyl (C=O) groups is 1. The molecule has 1 amide bonds. The second-order valence-electron chi connectivity index (χ2n) is 5.31. The lowest BCUT2D eigenvalue weighted by atomic mass is 9.97. The fourth-order valence-electron chi connectivity index (χ4n) is 1.83. The van der Waals surface area contributed by atoms with Crippen LogP contribution < -0.4 is 10.1 Å². The summed E-state index contributed by atoms with van der Waals surface area (Å²) in [6.45, 7) is 7.96. The molecule has 0 heterocycles. The highest BCUT2D eigenvalue weighted by Crippen LogP contribution is 2.16. The number of nitrogens with one attached hydrogen (secondary N) is 1. The molecule has 0 fully saturated rings. The van der Waals surface area contributed by atoms with E-state index >= 15 is 0 Å². The minimum atomic E-state index is -0.832. The lowest BCUT2D eigenvalue weighted by Crippen LogP contribution is -2.42. The van der Waals surface area contributed by atoms with Crippen molar-refractivity contribution < 1.29 is 14.6 Å². The van der Waals surface area contributed by atoms with Gasteiger partial charge in [0.2, 0.25) is 0 Å². The molecule has 112 valence electrons. The summed E-state index contributed by atoms with van der Waals surface area (Å²) >= 11 is 0. The summed E-state index contributed by atoms with van der Waals surface area (Å²) in [5.41, 5.74) is -0.292. The van der Waals surface area contributed by atoms with Crippen molar-refractivity contribution in [2.75, 3.05) is 6.54 Å². The van der Waals surface area contributed by atoms with Crippen molar-refractivity contribution >= 4 is 5.91 Å². The molecule has 0 saturated heterocycles. The molecule has 0 aromatic heterocycles. The Kier molecular flexibility index (Phi) is 6.02. The number of hydrogen-bond donors (Lipinski definition) is 2. The highest BCUT2D eigenvalue weighted by atomic mass is 16.5. The molecular weight excluding hydrogens is 254 g/mol. The van der Waals surface area contributed by atoms with E-state index in [1.807, 2.05) is 33.8 Å². The van der Waals surface area contributed by atoms with E-state index in [0.717, 1.165) is 0 Å². The molecule has 0 atom stereocenters. The molecule has 1 aromatic rings. The molecule has 4 heteroatoms. The first-order chi connectivity index (χ1) is 9.40. The van der Waals surface area contributed by atoms with Crippen LogP contribution >= 0.6 is 0 Å². The number of benzene rings is 1. The van der Waals surface area contributed by atoms with Gasteiger partial charge in [-0.1, -0.05) is 19.9 Å². The van der Waals surface area contributed by atoms with E-state index in [1.165, 1.54) is 0 Å². The van der Waals surface area contributed by atoms with E-state index in [2.05, 4.69) is 5.32 Å². The standard InChI is InChI=1S/C16H25NO3/c1-5-16(19,6-2)11-17-15(18)13-8-7-9-14(10-13)20-12(3)4/h7-10,12,19H,5-6,11H2,1-4H3,(H,17,18). The number of ether oxygens (including phenoxy) is 1. The maximum Gasteiger partial charge on any atom is 0.251 e. The van der Waals surface area contributed by atoms with E-state index in [4.69, 9.17) is 4.74 Å². The normalized spacial score (nSPS) is 11.5. The minimum absolute atomic E-state index is 0.0681. The summed E-state index contributed by atoms with van der Waals surface area (Å²) < 4.78 is 5.56. The molecule has 0 aliphatic heterocycles. The number of rotatable bonds is 7. The van der Waals surface area contributed by atoms with E-state index in [0.29, 0.717) is 24.2 Å². The zero-order chi connectivity index (χ0) is 15.2. The van der Waals surface area contributed by atoms with Crippen molar-refractivity contribution in [2.45, 2.75) is 52.2 Å². The van der Waals surface area contributed by atoms with Crippen LogP contribution in [0.1, 0.15) is 50.9 Å². The van der Waals surface area contributed by atoms with Gasteiger partial charge in [0, 0.05) is 12.1 Å². The maximum absolute atomic E-state index is 12.1.